The Bertz CT molecular complexity index is 336. The summed E-state index contributed by atoms with van der Waals surface area (Å²) in [5.74, 6) is 0.757. The van der Waals surface area contributed by atoms with Crippen molar-refractivity contribution in [1.82, 2.24) is 10.2 Å². The quantitative estimate of drug-likeness (QED) is 0.836. The zero-order valence-corrected chi connectivity index (χ0v) is 12.3. The number of likely N-dealkylation sites (tertiary alicyclic amines) is 1. The number of rotatable bonds is 2. The summed E-state index contributed by atoms with van der Waals surface area (Å²) in [5, 5.41) is 3.64. The number of hydrogen-bond acceptors (Lipinski definition) is 2. The molecule has 0 radical (unpaired) electrons. The van der Waals surface area contributed by atoms with Crippen molar-refractivity contribution in [2.75, 3.05) is 13.1 Å². The fourth-order valence-electron chi connectivity index (χ4n) is 3.55. The molecule has 18 heavy (non-hydrogen) atoms. The Kier molecular flexibility index (Phi) is 3.93. The molecule has 3 nitrogen and oxygen atoms in total. The van der Waals surface area contributed by atoms with E-state index in [1.165, 1.54) is 12.8 Å². The van der Waals surface area contributed by atoms with Crippen LogP contribution in [0.5, 0.6) is 0 Å². The summed E-state index contributed by atoms with van der Waals surface area (Å²) in [6.07, 6.45) is 5.96. The molecule has 2 saturated heterocycles. The van der Waals surface area contributed by atoms with Crippen LogP contribution in [0.1, 0.15) is 46.0 Å². The summed E-state index contributed by atoms with van der Waals surface area (Å²) >= 11 is 0. The topological polar surface area (TPSA) is 32.3 Å². The van der Waals surface area contributed by atoms with Gasteiger partial charge in [0, 0.05) is 31.1 Å². The lowest BCUT2D eigenvalue weighted by molar-refractivity contribution is -0.133. The predicted octanol–water partition coefficient (Wildman–Crippen LogP) is 2.20. The van der Waals surface area contributed by atoms with Crippen molar-refractivity contribution in [2.45, 2.75) is 58.0 Å². The summed E-state index contributed by atoms with van der Waals surface area (Å²) in [4.78, 5) is 14.6. The first-order chi connectivity index (χ1) is 8.12. The maximum Gasteiger partial charge on any atom is 0.226 e. The van der Waals surface area contributed by atoms with Gasteiger partial charge in [0.15, 0.2) is 0 Å². The van der Waals surface area contributed by atoms with Gasteiger partial charge in [-0.05, 0) is 37.5 Å². The van der Waals surface area contributed by atoms with Gasteiger partial charge in [-0.2, -0.15) is 0 Å². The molecule has 3 aliphatic rings. The Morgan fingerprint density at radius 2 is 2.06 bits per heavy atom. The van der Waals surface area contributed by atoms with Crippen LogP contribution in [-0.4, -0.2) is 36.0 Å². The van der Waals surface area contributed by atoms with Crippen LogP contribution in [0.3, 0.4) is 0 Å². The van der Waals surface area contributed by atoms with Crippen molar-refractivity contribution in [3.05, 3.63) is 0 Å². The second-order valence-corrected chi connectivity index (χ2v) is 6.48. The van der Waals surface area contributed by atoms with E-state index < -0.39 is 0 Å². The zero-order valence-electron chi connectivity index (χ0n) is 11.4. The SMILES string of the molecule is CCC1(C)CC1C(=O)N1CCC2CCC(C1)N2.Cl. The van der Waals surface area contributed by atoms with E-state index in [1.807, 2.05) is 0 Å². The van der Waals surface area contributed by atoms with Crippen LogP contribution < -0.4 is 5.32 Å². The molecule has 2 bridgehead atoms. The van der Waals surface area contributed by atoms with Gasteiger partial charge < -0.3 is 10.2 Å². The van der Waals surface area contributed by atoms with Gasteiger partial charge in [-0.25, -0.2) is 0 Å². The number of carbonyl (C=O) groups is 1. The van der Waals surface area contributed by atoms with Gasteiger partial charge in [0.05, 0.1) is 0 Å². The molecular formula is C14H25ClN2O. The highest BCUT2D eigenvalue weighted by Crippen LogP contribution is 2.55. The van der Waals surface area contributed by atoms with E-state index in [4.69, 9.17) is 0 Å². The fourth-order valence-corrected chi connectivity index (χ4v) is 3.55. The first kappa shape index (κ1) is 14.1. The van der Waals surface area contributed by atoms with Crippen molar-refractivity contribution < 1.29 is 4.79 Å². The molecular weight excluding hydrogens is 248 g/mol. The molecule has 0 aromatic carbocycles. The molecule has 1 saturated carbocycles. The Labute approximate surface area is 116 Å². The van der Waals surface area contributed by atoms with Crippen LogP contribution >= 0.6 is 12.4 Å². The Morgan fingerprint density at radius 3 is 2.72 bits per heavy atom. The van der Waals surface area contributed by atoms with E-state index >= 15 is 0 Å². The van der Waals surface area contributed by atoms with Crippen molar-refractivity contribution in [3.8, 4) is 0 Å². The number of fused-ring (bicyclic) bond motifs is 2. The highest BCUT2D eigenvalue weighted by molar-refractivity contribution is 5.85. The van der Waals surface area contributed by atoms with Gasteiger partial charge in [-0.1, -0.05) is 13.8 Å². The number of halogens is 1. The molecule has 3 rings (SSSR count). The van der Waals surface area contributed by atoms with Crippen molar-refractivity contribution in [1.29, 1.82) is 0 Å². The van der Waals surface area contributed by atoms with Gasteiger partial charge in [0.2, 0.25) is 5.91 Å². The molecule has 4 heteroatoms. The van der Waals surface area contributed by atoms with Gasteiger partial charge in [-0.15, -0.1) is 12.4 Å². The minimum atomic E-state index is 0. The van der Waals surface area contributed by atoms with Crippen molar-refractivity contribution >= 4 is 18.3 Å². The standard InChI is InChI=1S/C14H24N2O.ClH/c1-3-14(2)8-12(14)13(17)16-7-6-10-4-5-11(9-16)15-10;/h10-12,15H,3-9H2,1-2H3;1H. The zero-order chi connectivity index (χ0) is 12.0. The number of amides is 1. The van der Waals surface area contributed by atoms with E-state index in [-0.39, 0.29) is 12.4 Å². The molecule has 3 fully saturated rings. The average Bonchev–Trinajstić information content (AvgIpc) is 2.87. The van der Waals surface area contributed by atoms with Gasteiger partial charge in [0.25, 0.3) is 0 Å². The normalized spacial score (nSPS) is 42.1. The fraction of sp³-hybridized carbons (Fsp3) is 0.929. The lowest BCUT2D eigenvalue weighted by atomic mass is 10.0. The summed E-state index contributed by atoms with van der Waals surface area (Å²) in [6, 6.07) is 1.24. The van der Waals surface area contributed by atoms with E-state index in [2.05, 4.69) is 24.1 Å². The Balaban J connectivity index is 0.00000120. The van der Waals surface area contributed by atoms with Crippen LogP contribution in [0.15, 0.2) is 0 Å². The van der Waals surface area contributed by atoms with Gasteiger partial charge in [-0.3, -0.25) is 4.79 Å². The number of carbonyl (C=O) groups excluding carboxylic acids is 1. The maximum atomic E-state index is 12.5. The third-order valence-electron chi connectivity index (χ3n) is 5.29. The smallest absolute Gasteiger partial charge is 0.226 e. The highest BCUT2D eigenvalue weighted by Gasteiger charge is 2.54. The minimum Gasteiger partial charge on any atom is -0.341 e. The minimum absolute atomic E-state index is 0. The Hall–Kier alpha value is -0.280. The average molecular weight is 273 g/mol. The molecule has 1 N–H and O–H groups in total. The second-order valence-electron chi connectivity index (χ2n) is 6.48. The van der Waals surface area contributed by atoms with Crippen LogP contribution in [-0.2, 0) is 4.79 Å². The van der Waals surface area contributed by atoms with Crippen LogP contribution in [0.25, 0.3) is 0 Å². The molecule has 1 aliphatic carbocycles. The highest BCUT2D eigenvalue weighted by atomic mass is 35.5. The van der Waals surface area contributed by atoms with Gasteiger partial charge in [0.1, 0.15) is 0 Å². The number of nitrogens with zero attached hydrogens (tertiary/aromatic N) is 1. The first-order valence-electron chi connectivity index (χ1n) is 7.17. The Morgan fingerprint density at radius 1 is 1.33 bits per heavy atom. The van der Waals surface area contributed by atoms with Gasteiger partial charge >= 0.3 is 0 Å². The number of hydrogen-bond donors (Lipinski definition) is 1. The van der Waals surface area contributed by atoms with E-state index in [0.717, 1.165) is 32.4 Å². The summed E-state index contributed by atoms with van der Waals surface area (Å²) in [5.41, 5.74) is 0.315. The first-order valence-corrected chi connectivity index (χ1v) is 7.17. The molecule has 104 valence electrons. The second kappa shape index (κ2) is 5.01. The third kappa shape index (κ3) is 2.39. The molecule has 4 unspecified atom stereocenters. The van der Waals surface area contributed by atoms with Crippen LogP contribution in [0, 0.1) is 11.3 Å². The van der Waals surface area contributed by atoms with Crippen LogP contribution in [0.2, 0.25) is 0 Å². The monoisotopic (exact) mass is 272 g/mol. The van der Waals surface area contributed by atoms with E-state index in [0.29, 0.717) is 29.3 Å². The molecule has 0 aromatic rings. The summed E-state index contributed by atoms with van der Waals surface area (Å²) < 4.78 is 0. The predicted molar refractivity (Wildman–Crippen MR) is 74.9 cm³/mol. The molecule has 0 spiro atoms. The van der Waals surface area contributed by atoms with E-state index in [9.17, 15) is 4.79 Å². The molecule has 1 amide bonds. The maximum absolute atomic E-state index is 12.5. The largest absolute Gasteiger partial charge is 0.341 e. The van der Waals surface area contributed by atoms with Crippen molar-refractivity contribution in [3.63, 3.8) is 0 Å². The molecule has 0 aromatic heterocycles. The lowest BCUT2D eigenvalue weighted by Gasteiger charge is -2.25. The van der Waals surface area contributed by atoms with Crippen molar-refractivity contribution in [2.24, 2.45) is 11.3 Å². The lowest BCUT2D eigenvalue weighted by Crippen LogP contribution is -2.40. The van der Waals surface area contributed by atoms with Crippen LogP contribution in [0.4, 0.5) is 0 Å². The molecule has 4 atom stereocenters. The summed E-state index contributed by atoms with van der Waals surface area (Å²) in [6.45, 7) is 6.39. The summed E-state index contributed by atoms with van der Waals surface area (Å²) in [7, 11) is 0. The molecule has 2 aliphatic heterocycles. The number of nitrogens with one attached hydrogen (secondary N) is 1. The molecule has 2 heterocycles. The third-order valence-corrected chi connectivity index (χ3v) is 5.29. The van der Waals surface area contributed by atoms with E-state index in [1.54, 1.807) is 0 Å².